The van der Waals surface area contributed by atoms with E-state index in [9.17, 15) is 13.2 Å². The van der Waals surface area contributed by atoms with Crippen molar-refractivity contribution in [2.45, 2.75) is 12.4 Å². The zero-order chi connectivity index (χ0) is 19.3. The van der Waals surface area contributed by atoms with Gasteiger partial charge in [0.25, 0.3) is 0 Å². The SMILES string of the molecule is FC(F)(F)Oc1ccc(NC(=S)N[C@@H](c2ccccc2)c2cccs2)cc1. The van der Waals surface area contributed by atoms with Gasteiger partial charge in [-0.2, -0.15) is 0 Å². The van der Waals surface area contributed by atoms with E-state index in [-0.39, 0.29) is 11.8 Å². The molecular weight excluding hydrogens is 393 g/mol. The summed E-state index contributed by atoms with van der Waals surface area (Å²) in [4.78, 5) is 1.10. The number of hydrogen-bond acceptors (Lipinski definition) is 3. The van der Waals surface area contributed by atoms with Gasteiger partial charge in [-0.3, -0.25) is 0 Å². The maximum atomic E-state index is 12.2. The van der Waals surface area contributed by atoms with Gasteiger partial charge in [0.1, 0.15) is 5.75 Å². The highest BCUT2D eigenvalue weighted by Gasteiger charge is 2.30. The highest BCUT2D eigenvalue weighted by Crippen LogP contribution is 2.27. The second-order valence-electron chi connectivity index (χ2n) is 5.53. The zero-order valence-corrected chi connectivity index (χ0v) is 15.5. The summed E-state index contributed by atoms with van der Waals surface area (Å²) in [7, 11) is 0. The Kier molecular flexibility index (Phi) is 5.98. The fourth-order valence-electron chi connectivity index (χ4n) is 2.46. The largest absolute Gasteiger partial charge is 0.573 e. The molecule has 0 aliphatic heterocycles. The van der Waals surface area contributed by atoms with Crippen molar-refractivity contribution in [1.82, 2.24) is 5.32 Å². The van der Waals surface area contributed by atoms with Crippen molar-refractivity contribution in [3.63, 3.8) is 0 Å². The third kappa shape index (κ3) is 5.70. The van der Waals surface area contributed by atoms with Crippen molar-refractivity contribution >= 4 is 34.4 Å². The monoisotopic (exact) mass is 408 g/mol. The highest BCUT2D eigenvalue weighted by molar-refractivity contribution is 7.80. The summed E-state index contributed by atoms with van der Waals surface area (Å²) in [5.41, 5.74) is 1.61. The molecule has 0 aliphatic carbocycles. The van der Waals surface area contributed by atoms with Crippen LogP contribution in [0.2, 0.25) is 0 Å². The number of ether oxygens (including phenoxy) is 1. The molecule has 3 rings (SSSR count). The minimum atomic E-state index is -4.71. The van der Waals surface area contributed by atoms with E-state index in [1.54, 1.807) is 11.3 Å². The average molecular weight is 408 g/mol. The number of thiophene rings is 1. The van der Waals surface area contributed by atoms with E-state index in [0.717, 1.165) is 10.4 Å². The van der Waals surface area contributed by atoms with E-state index in [0.29, 0.717) is 10.8 Å². The summed E-state index contributed by atoms with van der Waals surface area (Å²) in [6, 6.07) is 19.1. The minimum Gasteiger partial charge on any atom is -0.406 e. The molecule has 0 bridgehead atoms. The number of alkyl halides is 3. The zero-order valence-electron chi connectivity index (χ0n) is 13.9. The van der Waals surface area contributed by atoms with E-state index in [1.165, 1.54) is 24.3 Å². The van der Waals surface area contributed by atoms with Crippen LogP contribution in [0.15, 0.2) is 72.1 Å². The molecule has 1 atom stereocenters. The van der Waals surface area contributed by atoms with E-state index in [2.05, 4.69) is 15.4 Å². The van der Waals surface area contributed by atoms with E-state index >= 15 is 0 Å². The smallest absolute Gasteiger partial charge is 0.406 e. The van der Waals surface area contributed by atoms with Gasteiger partial charge in [-0.05, 0) is 53.5 Å². The first kappa shape index (κ1) is 19.2. The molecular formula is C19H15F3N2OS2. The molecule has 0 radical (unpaired) electrons. The molecule has 2 aromatic carbocycles. The molecule has 8 heteroatoms. The molecule has 140 valence electrons. The molecule has 2 N–H and O–H groups in total. The fourth-order valence-corrected chi connectivity index (χ4v) is 3.50. The van der Waals surface area contributed by atoms with Crippen molar-refractivity contribution in [2.75, 3.05) is 5.32 Å². The molecule has 3 nitrogen and oxygen atoms in total. The lowest BCUT2D eigenvalue weighted by molar-refractivity contribution is -0.274. The number of thiocarbonyl (C=S) groups is 1. The van der Waals surface area contributed by atoms with Crippen LogP contribution in [-0.4, -0.2) is 11.5 Å². The highest BCUT2D eigenvalue weighted by atomic mass is 32.1. The van der Waals surface area contributed by atoms with Gasteiger partial charge in [-0.25, -0.2) is 0 Å². The molecule has 1 aromatic heterocycles. The summed E-state index contributed by atoms with van der Waals surface area (Å²) in [5.74, 6) is -0.285. The Hall–Kier alpha value is -2.58. The first-order valence-electron chi connectivity index (χ1n) is 7.92. The lowest BCUT2D eigenvalue weighted by atomic mass is 10.1. The van der Waals surface area contributed by atoms with Gasteiger partial charge in [0.15, 0.2) is 5.11 Å². The molecule has 0 spiro atoms. The minimum absolute atomic E-state index is 0.126. The quantitative estimate of drug-likeness (QED) is 0.529. The molecule has 0 saturated carbocycles. The molecule has 27 heavy (non-hydrogen) atoms. The van der Waals surface area contributed by atoms with Crippen molar-refractivity contribution in [3.8, 4) is 5.75 Å². The Balaban J connectivity index is 1.68. The molecule has 3 aromatic rings. The average Bonchev–Trinajstić information content (AvgIpc) is 3.15. The van der Waals surface area contributed by atoms with Crippen LogP contribution >= 0.6 is 23.6 Å². The van der Waals surface area contributed by atoms with Crippen LogP contribution in [0, 0.1) is 0 Å². The standard InChI is InChI=1S/C19H15F3N2OS2/c20-19(21,22)25-15-10-8-14(9-11-15)23-18(26)24-17(16-7-4-12-27-16)13-5-2-1-3-6-13/h1-12,17H,(H2,23,24,26)/t17-/m0/s1. The second kappa shape index (κ2) is 8.41. The van der Waals surface area contributed by atoms with Crippen molar-refractivity contribution < 1.29 is 17.9 Å². The van der Waals surface area contributed by atoms with E-state index < -0.39 is 6.36 Å². The molecule has 0 amide bonds. The summed E-state index contributed by atoms with van der Waals surface area (Å²) in [5, 5.41) is 8.59. The van der Waals surface area contributed by atoms with Gasteiger partial charge < -0.3 is 15.4 Å². The number of rotatable bonds is 5. The Morgan fingerprint density at radius 3 is 2.26 bits per heavy atom. The number of anilines is 1. The van der Waals surface area contributed by atoms with Gasteiger partial charge in [-0.1, -0.05) is 36.4 Å². The first-order chi connectivity index (χ1) is 12.9. The Labute approximate surface area is 163 Å². The van der Waals surface area contributed by atoms with Crippen LogP contribution in [0.3, 0.4) is 0 Å². The number of hydrogen-bond donors (Lipinski definition) is 2. The van der Waals surface area contributed by atoms with Crippen LogP contribution in [0.25, 0.3) is 0 Å². The Bertz CT molecular complexity index is 866. The molecule has 0 aliphatic rings. The van der Waals surface area contributed by atoms with Crippen LogP contribution in [-0.2, 0) is 0 Å². The van der Waals surface area contributed by atoms with Crippen molar-refractivity contribution in [3.05, 3.63) is 82.6 Å². The van der Waals surface area contributed by atoms with Crippen molar-refractivity contribution in [1.29, 1.82) is 0 Å². The maximum Gasteiger partial charge on any atom is 0.573 e. The van der Waals surface area contributed by atoms with Gasteiger partial charge in [0, 0.05) is 10.6 Å². The lowest BCUT2D eigenvalue weighted by Gasteiger charge is -2.20. The first-order valence-corrected chi connectivity index (χ1v) is 9.21. The maximum absolute atomic E-state index is 12.2. The number of halogens is 3. The fraction of sp³-hybridized carbons (Fsp3) is 0.105. The second-order valence-corrected chi connectivity index (χ2v) is 6.92. The van der Waals surface area contributed by atoms with Crippen LogP contribution < -0.4 is 15.4 Å². The van der Waals surface area contributed by atoms with Gasteiger partial charge in [0.2, 0.25) is 0 Å². The van der Waals surface area contributed by atoms with Crippen LogP contribution in [0.4, 0.5) is 18.9 Å². The summed E-state index contributed by atoms with van der Waals surface area (Å²) < 4.78 is 40.5. The number of nitrogens with one attached hydrogen (secondary N) is 2. The Morgan fingerprint density at radius 1 is 0.963 bits per heavy atom. The Morgan fingerprint density at radius 2 is 1.67 bits per heavy atom. The van der Waals surface area contributed by atoms with Crippen LogP contribution in [0.1, 0.15) is 16.5 Å². The predicted octanol–water partition coefficient (Wildman–Crippen LogP) is 5.72. The third-order valence-corrected chi connectivity index (χ3v) is 4.74. The molecule has 1 heterocycles. The molecule has 0 saturated heterocycles. The van der Waals surface area contributed by atoms with Gasteiger partial charge >= 0.3 is 6.36 Å². The molecule has 0 fully saturated rings. The van der Waals surface area contributed by atoms with Crippen LogP contribution in [0.5, 0.6) is 5.75 Å². The topological polar surface area (TPSA) is 33.3 Å². The molecule has 0 unspecified atom stereocenters. The van der Waals surface area contributed by atoms with E-state index in [4.69, 9.17) is 12.2 Å². The third-order valence-electron chi connectivity index (χ3n) is 3.58. The number of benzene rings is 2. The van der Waals surface area contributed by atoms with Gasteiger partial charge in [-0.15, -0.1) is 24.5 Å². The van der Waals surface area contributed by atoms with Gasteiger partial charge in [0.05, 0.1) is 6.04 Å². The normalized spacial score (nSPS) is 12.3. The summed E-state index contributed by atoms with van der Waals surface area (Å²) in [6.45, 7) is 0. The summed E-state index contributed by atoms with van der Waals surface area (Å²) >= 11 is 6.99. The predicted molar refractivity (Wildman–Crippen MR) is 105 cm³/mol. The van der Waals surface area contributed by atoms with Crippen molar-refractivity contribution in [2.24, 2.45) is 0 Å². The summed E-state index contributed by atoms with van der Waals surface area (Å²) in [6.07, 6.45) is -4.71. The van der Waals surface area contributed by atoms with E-state index in [1.807, 2.05) is 47.8 Å². The lowest BCUT2D eigenvalue weighted by Crippen LogP contribution is -2.32.